The van der Waals surface area contributed by atoms with Gasteiger partial charge in [0.2, 0.25) is 5.91 Å². The molecule has 2 aromatic carbocycles. The van der Waals surface area contributed by atoms with Gasteiger partial charge in [-0.15, -0.1) is 11.8 Å². The monoisotopic (exact) mass is 359 g/mol. The number of nitrogens with one attached hydrogen (secondary N) is 1. The third-order valence-electron chi connectivity index (χ3n) is 3.30. The fourth-order valence-corrected chi connectivity index (χ4v) is 3.08. The highest BCUT2D eigenvalue weighted by molar-refractivity contribution is 7.99. The fraction of sp³-hybridized carbons (Fsp3) is 0.222. The van der Waals surface area contributed by atoms with Crippen molar-refractivity contribution in [2.45, 2.75) is 5.75 Å². The number of carbonyl (C=O) groups excluding carboxylic acids is 1. The Hall–Kier alpha value is -2.16. The number of hydrogen-bond donors (Lipinski definition) is 1. The molecule has 0 aliphatic heterocycles. The second-order valence-electron chi connectivity index (χ2n) is 5.41. The summed E-state index contributed by atoms with van der Waals surface area (Å²) >= 11 is 7.54. The first-order valence-corrected chi connectivity index (χ1v) is 8.86. The van der Waals surface area contributed by atoms with Crippen LogP contribution in [0.4, 0.5) is 11.4 Å². The smallest absolute Gasteiger partial charge is 0.234 e. The second-order valence-corrected chi connectivity index (χ2v) is 6.83. The highest BCUT2D eigenvalue weighted by Crippen LogP contribution is 2.28. The zero-order valence-corrected chi connectivity index (χ0v) is 15.1. The number of nitriles is 1. The third kappa shape index (κ3) is 5.19. The van der Waals surface area contributed by atoms with E-state index in [9.17, 15) is 4.79 Å². The van der Waals surface area contributed by atoms with E-state index in [0.717, 1.165) is 17.0 Å². The number of nitrogens with zero attached hydrogens (tertiary/aromatic N) is 2. The number of anilines is 2. The molecule has 1 N–H and O–H groups in total. The molecule has 2 rings (SSSR count). The van der Waals surface area contributed by atoms with Gasteiger partial charge in [0, 0.05) is 24.9 Å². The molecule has 6 heteroatoms. The Morgan fingerprint density at radius 2 is 1.96 bits per heavy atom. The Labute approximate surface area is 151 Å². The number of hydrogen-bond acceptors (Lipinski definition) is 4. The number of amides is 1. The van der Waals surface area contributed by atoms with Gasteiger partial charge >= 0.3 is 0 Å². The normalized spacial score (nSPS) is 10.1. The van der Waals surface area contributed by atoms with Crippen LogP contribution < -0.4 is 10.2 Å². The van der Waals surface area contributed by atoms with Crippen LogP contribution in [0.2, 0.25) is 5.02 Å². The Bertz CT molecular complexity index is 754. The molecule has 0 spiro atoms. The van der Waals surface area contributed by atoms with Crippen LogP contribution in [-0.2, 0) is 10.5 Å². The third-order valence-corrected chi connectivity index (χ3v) is 4.54. The van der Waals surface area contributed by atoms with Gasteiger partial charge in [0.1, 0.15) is 0 Å². The van der Waals surface area contributed by atoms with Crippen LogP contribution in [0.1, 0.15) is 11.1 Å². The zero-order chi connectivity index (χ0) is 17.5. The van der Waals surface area contributed by atoms with Crippen molar-refractivity contribution in [2.24, 2.45) is 0 Å². The Kier molecular flexibility index (Phi) is 6.53. The van der Waals surface area contributed by atoms with Gasteiger partial charge in [-0.25, -0.2) is 0 Å². The topological polar surface area (TPSA) is 56.1 Å². The summed E-state index contributed by atoms with van der Waals surface area (Å²) in [6.07, 6.45) is 0. The number of rotatable bonds is 6. The van der Waals surface area contributed by atoms with Crippen LogP contribution in [0.3, 0.4) is 0 Å². The highest BCUT2D eigenvalue weighted by Gasteiger charge is 2.09. The van der Waals surface area contributed by atoms with Gasteiger partial charge in [-0.1, -0.05) is 23.7 Å². The summed E-state index contributed by atoms with van der Waals surface area (Å²) in [5.41, 5.74) is 3.34. The summed E-state index contributed by atoms with van der Waals surface area (Å²) < 4.78 is 0. The van der Waals surface area contributed by atoms with Crippen molar-refractivity contribution in [2.75, 3.05) is 30.1 Å². The molecule has 24 heavy (non-hydrogen) atoms. The van der Waals surface area contributed by atoms with Gasteiger partial charge < -0.3 is 10.2 Å². The molecule has 0 aliphatic rings. The van der Waals surface area contributed by atoms with Crippen molar-refractivity contribution in [3.63, 3.8) is 0 Å². The standard InChI is InChI=1S/C18H18ClN3OS/c1-22(2)17-8-7-15(19)9-16(17)21-18(23)12-24-11-14-5-3-13(10-20)4-6-14/h3-9H,11-12H2,1-2H3,(H,21,23). The van der Waals surface area contributed by atoms with E-state index in [4.69, 9.17) is 16.9 Å². The lowest BCUT2D eigenvalue weighted by Crippen LogP contribution is -2.18. The minimum Gasteiger partial charge on any atom is -0.376 e. The molecule has 0 aliphatic carbocycles. The SMILES string of the molecule is CN(C)c1ccc(Cl)cc1NC(=O)CSCc1ccc(C#N)cc1. The maximum absolute atomic E-state index is 12.2. The van der Waals surface area contributed by atoms with Crippen molar-refractivity contribution in [3.8, 4) is 6.07 Å². The summed E-state index contributed by atoms with van der Waals surface area (Å²) in [6, 6.07) is 14.9. The van der Waals surface area contributed by atoms with E-state index in [1.165, 1.54) is 11.8 Å². The summed E-state index contributed by atoms with van der Waals surface area (Å²) in [4.78, 5) is 14.1. The van der Waals surface area contributed by atoms with E-state index >= 15 is 0 Å². The maximum atomic E-state index is 12.2. The molecular weight excluding hydrogens is 342 g/mol. The molecule has 4 nitrogen and oxygen atoms in total. The first-order valence-electron chi connectivity index (χ1n) is 7.33. The van der Waals surface area contributed by atoms with Crippen LogP contribution in [0.25, 0.3) is 0 Å². The van der Waals surface area contributed by atoms with Crippen molar-refractivity contribution in [1.29, 1.82) is 5.26 Å². The van der Waals surface area contributed by atoms with Crippen LogP contribution in [0.5, 0.6) is 0 Å². The largest absolute Gasteiger partial charge is 0.376 e. The molecule has 0 heterocycles. The molecule has 0 saturated heterocycles. The number of benzene rings is 2. The van der Waals surface area contributed by atoms with Gasteiger partial charge in [0.15, 0.2) is 0 Å². The molecule has 0 unspecified atom stereocenters. The molecule has 0 fully saturated rings. The Morgan fingerprint density at radius 3 is 2.58 bits per heavy atom. The van der Waals surface area contributed by atoms with E-state index < -0.39 is 0 Å². The summed E-state index contributed by atoms with van der Waals surface area (Å²) in [5, 5.41) is 12.3. The van der Waals surface area contributed by atoms with Gasteiger partial charge in [-0.05, 0) is 35.9 Å². The fourth-order valence-electron chi connectivity index (χ4n) is 2.12. The quantitative estimate of drug-likeness (QED) is 0.841. The van der Waals surface area contributed by atoms with E-state index in [1.807, 2.05) is 37.2 Å². The van der Waals surface area contributed by atoms with Crippen molar-refractivity contribution < 1.29 is 4.79 Å². The minimum absolute atomic E-state index is 0.0704. The lowest BCUT2D eigenvalue weighted by atomic mass is 10.2. The summed E-state index contributed by atoms with van der Waals surface area (Å²) in [5.74, 6) is 0.994. The van der Waals surface area contributed by atoms with Gasteiger partial charge in [0.25, 0.3) is 0 Å². The number of carbonyl (C=O) groups is 1. The number of thioether (sulfide) groups is 1. The van der Waals surface area contributed by atoms with Gasteiger partial charge in [-0.3, -0.25) is 4.79 Å². The maximum Gasteiger partial charge on any atom is 0.234 e. The average molecular weight is 360 g/mol. The summed E-state index contributed by atoms with van der Waals surface area (Å²) in [7, 11) is 3.83. The van der Waals surface area contributed by atoms with Crippen LogP contribution >= 0.6 is 23.4 Å². The van der Waals surface area contributed by atoms with Crippen molar-refractivity contribution in [3.05, 3.63) is 58.6 Å². The molecule has 0 radical (unpaired) electrons. The van der Waals surface area contributed by atoms with Gasteiger partial charge in [-0.2, -0.15) is 5.26 Å². The lowest BCUT2D eigenvalue weighted by Gasteiger charge is -2.18. The van der Waals surface area contributed by atoms with Gasteiger partial charge in [0.05, 0.1) is 28.8 Å². The average Bonchev–Trinajstić information content (AvgIpc) is 2.55. The molecule has 0 aromatic heterocycles. The molecule has 0 bridgehead atoms. The lowest BCUT2D eigenvalue weighted by molar-refractivity contribution is -0.113. The Morgan fingerprint density at radius 1 is 1.25 bits per heavy atom. The second kappa shape index (κ2) is 8.62. The van der Waals surface area contributed by atoms with E-state index in [-0.39, 0.29) is 5.91 Å². The van der Waals surface area contributed by atoms with Crippen molar-refractivity contribution >= 4 is 40.6 Å². The zero-order valence-electron chi connectivity index (χ0n) is 13.5. The minimum atomic E-state index is -0.0704. The van der Waals surface area contributed by atoms with E-state index in [0.29, 0.717) is 22.0 Å². The Balaban J connectivity index is 1.89. The first kappa shape index (κ1) is 18.2. The molecule has 0 saturated carbocycles. The van der Waals surface area contributed by atoms with Crippen LogP contribution in [0, 0.1) is 11.3 Å². The molecule has 2 aromatic rings. The first-order chi connectivity index (χ1) is 11.5. The van der Waals surface area contributed by atoms with Crippen molar-refractivity contribution in [1.82, 2.24) is 0 Å². The highest BCUT2D eigenvalue weighted by atomic mass is 35.5. The predicted octanol–water partition coefficient (Wildman–Crippen LogP) is 4.15. The molecular formula is C18H18ClN3OS. The summed E-state index contributed by atoms with van der Waals surface area (Å²) in [6.45, 7) is 0. The van der Waals surface area contributed by atoms with E-state index in [1.54, 1.807) is 24.3 Å². The molecule has 0 atom stereocenters. The predicted molar refractivity (Wildman–Crippen MR) is 102 cm³/mol. The van der Waals surface area contributed by atoms with Crippen LogP contribution in [0.15, 0.2) is 42.5 Å². The van der Waals surface area contributed by atoms with E-state index in [2.05, 4.69) is 11.4 Å². The van der Waals surface area contributed by atoms with Crippen LogP contribution in [-0.4, -0.2) is 25.8 Å². The number of halogens is 1. The molecule has 1 amide bonds. The molecule has 124 valence electrons.